The molecule has 0 saturated heterocycles. The number of carbonyl (C=O) groups is 1. The summed E-state index contributed by atoms with van der Waals surface area (Å²) in [6.45, 7) is 3.72. The van der Waals surface area contributed by atoms with E-state index in [9.17, 15) is 4.79 Å². The number of nitrogens with zero attached hydrogens (tertiary/aromatic N) is 2. The lowest BCUT2D eigenvalue weighted by molar-refractivity contribution is 0.101. The van der Waals surface area contributed by atoms with Crippen LogP contribution >= 0.6 is 0 Å². The molecule has 0 atom stereocenters. The molecule has 0 aliphatic heterocycles. The second kappa shape index (κ2) is 4.08. The van der Waals surface area contributed by atoms with Crippen LogP contribution in [0.3, 0.4) is 0 Å². The molecule has 0 bridgehead atoms. The molecule has 0 radical (unpaired) electrons. The second-order valence-corrected chi connectivity index (χ2v) is 4.10. The number of Topliss-reactive ketones (excluding diaryl/α,β-unsaturated/α-hetero) is 1. The first kappa shape index (κ1) is 10.9. The smallest absolute Gasteiger partial charge is 0.159 e. The van der Waals surface area contributed by atoms with Crippen LogP contribution in [0.2, 0.25) is 0 Å². The van der Waals surface area contributed by atoms with Crippen LogP contribution in [-0.2, 0) is 13.5 Å². The average molecular weight is 216 g/mol. The third-order valence-electron chi connectivity index (χ3n) is 2.85. The molecule has 2 aromatic rings. The van der Waals surface area contributed by atoms with E-state index in [1.54, 1.807) is 6.92 Å². The molecule has 0 unspecified atom stereocenters. The van der Waals surface area contributed by atoms with Gasteiger partial charge in [0.1, 0.15) is 5.82 Å². The van der Waals surface area contributed by atoms with Crippen LogP contribution < -0.4 is 0 Å². The van der Waals surface area contributed by atoms with E-state index in [1.165, 1.54) is 0 Å². The van der Waals surface area contributed by atoms with E-state index in [-0.39, 0.29) is 5.78 Å². The molecular formula is C13H16N2O. The molecule has 1 aromatic carbocycles. The molecule has 0 aliphatic carbocycles. The molecule has 0 amide bonds. The fraction of sp³-hybridized carbons (Fsp3) is 0.385. The number of hydrogen-bond acceptors (Lipinski definition) is 2. The number of benzene rings is 1. The van der Waals surface area contributed by atoms with Crippen molar-refractivity contribution in [3.05, 3.63) is 29.6 Å². The minimum atomic E-state index is 0.0876. The standard InChI is InChI=1S/C13H16N2O/c1-4-5-13-14-11-8-10(9(2)16)6-7-12(11)15(13)3/h6-8H,4-5H2,1-3H3. The topological polar surface area (TPSA) is 34.9 Å². The van der Waals surface area contributed by atoms with Crippen molar-refractivity contribution in [1.82, 2.24) is 9.55 Å². The van der Waals surface area contributed by atoms with Crippen LogP contribution in [-0.4, -0.2) is 15.3 Å². The Bertz CT molecular complexity index is 540. The quantitative estimate of drug-likeness (QED) is 0.739. The molecule has 0 fully saturated rings. The molecule has 1 heterocycles. The maximum Gasteiger partial charge on any atom is 0.159 e. The maximum atomic E-state index is 11.3. The largest absolute Gasteiger partial charge is 0.331 e. The lowest BCUT2D eigenvalue weighted by Gasteiger charge is -1.99. The zero-order chi connectivity index (χ0) is 11.7. The Morgan fingerprint density at radius 3 is 2.81 bits per heavy atom. The Labute approximate surface area is 95.1 Å². The number of aromatic nitrogens is 2. The molecule has 16 heavy (non-hydrogen) atoms. The Kier molecular flexibility index (Phi) is 2.77. The maximum absolute atomic E-state index is 11.3. The van der Waals surface area contributed by atoms with Gasteiger partial charge in [0, 0.05) is 19.0 Å². The fourth-order valence-electron chi connectivity index (χ4n) is 1.92. The van der Waals surface area contributed by atoms with Crippen LogP contribution in [0.1, 0.15) is 36.5 Å². The zero-order valence-corrected chi connectivity index (χ0v) is 9.95. The molecule has 3 nitrogen and oxygen atoms in total. The van der Waals surface area contributed by atoms with Crippen molar-refractivity contribution in [1.29, 1.82) is 0 Å². The van der Waals surface area contributed by atoms with Gasteiger partial charge in [0.25, 0.3) is 0 Å². The molecule has 84 valence electrons. The van der Waals surface area contributed by atoms with Crippen molar-refractivity contribution in [2.24, 2.45) is 7.05 Å². The number of fused-ring (bicyclic) bond motifs is 1. The molecule has 1 aromatic heterocycles. The Morgan fingerprint density at radius 1 is 1.44 bits per heavy atom. The molecule has 0 saturated carbocycles. The highest BCUT2D eigenvalue weighted by Crippen LogP contribution is 2.17. The Morgan fingerprint density at radius 2 is 2.19 bits per heavy atom. The number of hydrogen-bond donors (Lipinski definition) is 0. The third kappa shape index (κ3) is 1.73. The van der Waals surface area contributed by atoms with Gasteiger partial charge >= 0.3 is 0 Å². The second-order valence-electron chi connectivity index (χ2n) is 4.10. The van der Waals surface area contributed by atoms with Crippen LogP contribution in [0.5, 0.6) is 0 Å². The van der Waals surface area contributed by atoms with Gasteiger partial charge in [0.2, 0.25) is 0 Å². The van der Waals surface area contributed by atoms with Gasteiger partial charge in [0.15, 0.2) is 5.78 Å². The van der Waals surface area contributed by atoms with Gasteiger partial charge in [-0.2, -0.15) is 0 Å². The predicted octanol–water partition coefficient (Wildman–Crippen LogP) is 2.73. The van der Waals surface area contributed by atoms with Gasteiger partial charge in [-0.3, -0.25) is 4.79 Å². The highest BCUT2D eigenvalue weighted by Gasteiger charge is 2.08. The van der Waals surface area contributed by atoms with Crippen molar-refractivity contribution in [3.8, 4) is 0 Å². The van der Waals surface area contributed by atoms with Crippen molar-refractivity contribution in [2.75, 3.05) is 0 Å². The van der Waals surface area contributed by atoms with Crippen LogP contribution in [0.4, 0.5) is 0 Å². The number of aryl methyl sites for hydroxylation is 2. The third-order valence-corrected chi connectivity index (χ3v) is 2.85. The summed E-state index contributed by atoms with van der Waals surface area (Å²) < 4.78 is 2.10. The van der Waals surface area contributed by atoms with Gasteiger partial charge in [-0.25, -0.2) is 4.98 Å². The van der Waals surface area contributed by atoms with Crippen LogP contribution in [0.25, 0.3) is 11.0 Å². The highest BCUT2D eigenvalue weighted by molar-refractivity contribution is 5.97. The number of ketones is 1. The summed E-state index contributed by atoms with van der Waals surface area (Å²) in [6, 6.07) is 5.71. The van der Waals surface area contributed by atoms with Crippen LogP contribution in [0.15, 0.2) is 18.2 Å². The van der Waals surface area contributed by atoms with E-state index >= 15 is 0 Å². The number of rotatable bonds is 3. The van der Waals surface area contributed by atoms with Gasteiger partial charge in [-0.1, -0.05) is 6.92 Å². The van der Waals surface area contributed by atoms with E-state index in [2.05, 4.69) is 16.5 Å². The van der Waals surface area contributed by atoms with E-state index in [0.717, 1.165) is 35.3 Å². The highest BCUT2D eigenvalue weighted by atomic mass is 16.1. The van der Waals surface area contributed by atoms with Gasteiger partial charge in [-0.15, -0.1) is 0 Å². The summed E-state index contributed by atoms with van der Waals surface area (Å²) in [5.41, 5.74) is 2.74. The molecule has 0 spiro atoms. The summed E-state index contributed by atoms with van der Waals surface area (Å²) in [7, 11) is 2.02. The Hall–Kier alpha value is -1.64. The lowest BCUT2D eigenvalue weighted by atomic mass is 10.1. The predicted molar refractivity (Wildman–Crippen MR) is 64.7 cm³/mol. The summed E-state index contributed by atoms with van der Waals surface area (Å²) in [4.78, 5) is 15.8. The first-order chi connectivity index (χ1) is 7.63. The summed E-state index contributed by atoms with van der Waals surface area (Å²) in [5.74, 6) is 1.17. The van der Waals surface area contributed by atoms with Crippen molar-refractivity contribution in [3.63, 3.8) is 0 Å². The first-order valence-corrected chi connectivity index (χ1v) is 5.59. The van der Waals surface area contributed by atoms with Gasteiger partial charge < -0.3 is 4.57 Å². The number of carbonyl (C=O) groups excluding carboxylic acids is 1. The van der Waals surface area contributed by atoms with Crippen molar-refractivity contribution < 1.29 is 4.79 Å². The number of imidazole rings is 1. The molecular weight excluding hydrogens is 200 g/mol. The van der Waals surface area contributed by atoms with Crippen molar-refractivity contribution >= 4 is 16.8 Å². The fourth-order valence-corrected chi connectivity index (χ4v) is 1.92. The van der Waals surface area contributed by atoms with E-state index < -0.39 is 0 Å². The molecule has 0 N–H and O–H groups in total. The zero-order valence-electron chi connectivity index (χ0n) is 9.95. The van der Waals surface area contributed by atoms with E-state index in [1.807, 2.05) is 25.2 Å². The summed E-state index contributed by atoms with van der Waals surface area (Å²) in [5, 5.41) is 0. The average Bonchev–Trinajstić information content (AvgIpc) is 2.56. The molecule has 3 heteroatoms. The SMILES string of the molecule is CCCc1nc2cc(C(C)=O)ccc2n1C. The summed E-state index contributed by atoms with van der Waals surface area (Å²) >= 11 is 0. The normalized spacial score (nSPS) is 10.9. The van der Waals surface area contributed by atoms with E-state index in [0.29, 0.717) is 0 Å². The molecule has 2 rings (SSSR count). The van der Waals surface area contributed by atoms with E-state index in [4.69, 9.17) is 0 Å². The van der Waals surface area contributed by atoms with Crippen LogP contribution in [0, 0.1) is 0 Å². The monoisotopic (exact) mass is 216 g/mol. The Balaban J connectivity index is 2.58. The van der Waals surface area contributed by atoms with Gasteiger partial charge in [-0.05, 0) is 31.5 Å². The van der Waals surface area contributed by atoms with Crippen molar-refractivity contribution in [2.45, 2.75) is 26.7 Å². The first-order valence-electron chi connectivity index (χ1n) is 5.59. The van der Waals surface area contributed by atoms with Gasteiger partial charge in [0.05, 0.1) is 11.0 Å². The molecule has 0 aliphatic rings. The minimum absolute atomic E-state index is 0.0876. The lowest BCUT2D eigenvalue weighted by Crippen LogP contribution is -1.96. The minimum Gasteiger partial charge on any atom is -0.331 e. The summed E-state index contributed by atoms with van der Waals surface area (Å²) in [6.07, 6.45) is 2.05.